The van der Waals surface area contributed by atoms with Gasteiger partial charge in [-0.15, -0.1) is 11.8 Å². The maximum Gasteiger partial charge on any atom is 0.0926 e. The minimum Gasteiger partial charge on any atom is -0.365 e. The fraction of sp³-hybridized carbons (Fsp3) is 1.00. The highest BCUT2D eigenvalue weighted by Crippen LogP contribution is 2.14. The van der Waals surface area contributed by atoms with Crippen LogP contribution in [0.1, 0.15) is 0 Å². The second kappa shape index (κ2) is 2.55. The van der Waals surface area contributed by atoms with Gasteiger partial charge < -0.3 is 10.5 Å². The summed E-state index contributed by atoms with van der Waals surface area (Å²) < 4.78 is 5.14. The molecule has 0 bridgehead atoms. The number of hydrogen-bond acceptors (Lipinski definition) is 3. The Balaban J connectivity index is 2.14. The molecule has 1 saturated heterocycles. The standard InChI is InChI=1S/C4H9NOS/c5-1-4-2-7-3-6-4/h4H,1-3,5H2. The molecule has 1 aliphatic rings. The molecular weight excluding hydrogens is 110 g/mol. The first-order chi connectivity index (χ1) is 3.43. The molecule has 1 atom stereocenters. The third-order valence-electron chi connectivity index (χ3n) is 0.954. The maximum absolute atomic E-state index is 5.30. The predicted octanol–water partition coefficient (Wildman–Crippen LogP) is 0.0346. The fourth-order valence-corrected chi connectivity index (χ4v) is 1.39. The molecule has 0 radical (unpaired) electrons. The molecule has 7 heavy (non-hydrogen) atoms. The van der Waals surface area contributed by atoms with Crippen LogP contribution in [0, 0.1) is 0 Å². The molecule has 1 fully saturated rings. The zero-order chi connectivity index (χ0) is 5.11. The summed E-state index contributed by atoms with van der Waals surface area (Å²) in [5, 5.41) is 0. The van der Waals surface area contributed by atoms with Crippen molar-refractivity contribution in [1.29, 1.82) is 0 Å². The van der Waals surface area contributed by atoms with Crippen LogP contribution in [0.5, 0.6) is 0 Å². The van der Waals surface area contributed by atoms with Gasteiger partial charge >= 0.3 is 0 Å². The Morgan fingerprint density at radius 3 is 3.00 bits per heavy atom. The quantitative estimate of drug-likeness (QED) is 0.529. The van der Waals surface area contributed by atoms with Crippen LogP contribution in [-0.4, -0.2) is 24.3 Å². The van der Waals surface area contributed by atoms with E-state index in [1.54, 1.807) is 11.8 Å². The lowest BCUT2D eigenvalue weighted by Gasteiger charge is -2.00. The van der Waals surface area contributed by atoms with Crippen molar-refractivity contribution in [3.05, 3.63) is 0 Å². The average molecular weight is 119 g/mol. The first-order valence-electron chi connectivity index (χ1n) is 2.33. The van der Waals surface area contributed by atoms with Gasteiger partial charge in [-0.3, -0.25) is 0 Å². The Labute approximate surface area is 47.4 Å². The van der Waals surface area contributed by atoms with Gasteiger partial charge in [0.05, 0.1) is 12.0 Å². The van der Waals surface area contributed by atoms with E-state index in [2.05, 4.69) is 0 Å². The molecule has 3 heteroatoms. The molecule has 1 rings (SSSR count). The lowest BCUT2D eigenvalue weighted by molar-refractivity contribution is 0.131. The lowest BCUT2D eigenvalue weighted by Crippen LogP contribution is -2.20. The Morgan fingerprint density at radius 2 is 2.71 bits per heavy atom. The third-order valence-corrected chi connectivity index (χ3v) is 1.86. The zero-order valence-corrected chi connectivity index (χ0v) is 4.91. The molecule has 0 amide bonds. The van der Waals surface area contributed by atoms with Crippen LogP contribution in [0.15, 0.2) is 0 Å². The largest absolute Gasteiger partial charge is 0.365 e. The van der Waals surface area contributed by atoms with E-state index in [9.17, 15) is 0 Å². The molecule has 2 N–H and O–H groups in total. The number of ether oxygens (including phenoxy) is 1. The molecule has 1 heterocycles. The van der Waals surface area contributed by atoms with Crippen molar-refractivity contribution < 1.29 is 4.74 Å². The molecule has 2 nitrogen and oxygen atoms in total. The Hall–Kier alpha value is 0.270. The van der Waals surface area contributed by atoms with Crippen LogP contribution < -0.4 is 5.73 Å². The van der Waals surface area contributed by atoms with E-state index in [-0.39, 0.29) is 0 Å². The fourth-order valence-electron chi connectivity index (χ4n) is 0.508. The van der Waals surface area contributed by atoms with Gasteiger partial charge in [0, 0.05) is 12.3 Å². The number of thioether (sulfide) groups is 1. The van der Waals surface area contributed by atoms with Crippen LogP contribution in [0.25, 0.3) is 0 Å². The summed E-state index contributed by atoms with van der Waals surface area (Å²) in [6.45, 7) is 0.674. The molecule has 42 valence electrons. The maximum atomic E-state index is 5.30. The van der Waals surface area contributed by atoms with E-state index in [4.69, 9.17) is 10.5 Å². The van der Waals surface area contributed by atoms with Crippen molar-refractivity contribution in [2.45, 2.75) is 6.10 Å². The lowest BCUT2D eigenvalue weighted by atomic mass is 10.4. The first-order valence-corrected chi connectivity index (χ1v) is 3.48. The van der Waals surface area contributed by atoms with E-state index in [1.807, 2.05) is 0 Å². The van der Waals surface area contributed by atoms with Crippen molar-refractivity contribution in [2.24, 2.45) is 5.73 Å². The van der Waals surface area contributed by atoms with Gasteiger partial charge in [0.25, 0.3) is 0 Å². The molecule has 0 spiro atoms. The Morgan fingerprint density at radius 1 is 1.86 bits per heavy atom. The summed E-state index contributed by atoms with van der Waals surface area (Å²) in [5.41, 5.74) is 5.30. The number of rotatable bonds is 1. The molecule has 1 unspecified atom stereocenters. The molecule has 0 aromatic rings. The number of hydrogen-bond donors (Lipinski definition) is 1. The van der Waals surface area contributed by atoms with Crippen LogP contribution in [0.4, 0.5) is 0 Å². The number of nitrogens with two attached hydrogens (primary N) is 1. The molecule has 0 saturated carbocycles. The van der Waals surface area contributed by atoms with Gasteiger partial charge in [0.2, 0.25) is 0 Å². The van der Waals surface area contributed by atoms with E-state index in [1.165, 1.54) is 0 Å². The highest BCUT2D eigenvalue weighted by molar-refractivity contribution is 7.99. The van der Waals surface area contributed by atoms with Gasteiger partial charge in [-0.2, -0.15) is 0 Å². The molecular formula is C4H9NOS. The van der Waals surface area contributed by atoms with E-state index in [0.717, 1.165) is 11.7 Å². The van der Waals surface area contributed by atoms with E-state index >= 15 is 0 Å². The molecule has 1 aliphatic heterocycles. The third kappa shape index (κ3) is 1.33. The molecule has 0 aromatic carbocycles. The zero-order valence-electron chi connectivity index (χ0n) is 4.09. The highest BCUT2D eigenvalue weighted by Gasteiger charge is 2.12. The topological polar surface area (TPSA) is 35.2 Å². The normalized spacial score (nSPS) is 31.3. The van der Waals surface area contributed by atoms with Crippen molar-refractivity contribution in [2.75, 3.05) is 18.2 Å². The highest BCUT2D eigenvalue weighted by atomic mass is 32.2. The summed E-state index contributed by atoms with van der Waals surface area (Å²) >= 11 is 1.80. The summed E-state index contributed by atoms with van der Waals surface area (Å²) in [5.74, 6) is 1.92. The Kier molecular flexibility index (Phi) is 1.97. The predicted molar refractivity (Wildman–Crippen MR) is 31.3 cm³/mol. The van der Waals surface area contributed by atoms with Crippen molar-refractivity contribution >= 4 is 11.8 Å². The summed E-state index contributed by atoms with van der Waals surface area (Å²) in [6.07, 6.45) is 0.338. The van der Waals surface area contributed by atoms with Gasteiger partial charge in [-0.1, -0.05) is 0 Å². The minimum absolute atomic E-state index is 0.338. The monoisotopic (exact) mass is 119 g/mol. The van der Waals surface area contributed by atoms with Crippen LogP contribution >= 0.6 is 11.8 Å². The van der Waals surface area contributed by atoms with Gasteiger partial charge in [0.1, 0.15) is 0 Å². The minimum atomic E-state index is 0.338. The first kappa shape index (κ1) is 5.41. The van der Waals surface area contributed by atoms with Gasteiger partial charge in [0.15, 0.2) is 0 Å². The summed E-state index contributed by atoms with van der Waals surface area (Å²) in [7, 11) is 0. The average Bonchev–Trinajstić information content (AvgIpc) is 2.14. The smallest absolute Gasteiger partial charge is 0.0926 e. The van der Waals surface area contributed by atoms with Crippen molar-refractivity contribution in [1.82, 2.24) is 0 Å². The van der Waals surface area contributed by atoms with Crippen LogP contribution in [0.2, 0.25) is 0 Å². The Bertz CT molecular complexity index is 53.7. The van der Waals surface area contributed by atoms with Crippen molar-refractivity contribution in [3.8, 4) is 0 Å². The van der Waals surface area contributed by atoms with Gasteiger partial charge in [-0.05, 0) is 0 Å². The van der Waals surface area contributed by atoms with Gasteiger partial charge in [-0.25, -0.2) is 0 Å². The summed E-state index contributed by atoms with van der Waals surface area (Å²) in [6, 6.07) is 0. The molecule has 0 aromatic heterocycles. The summed E-state index contributed by atoms with van der Waals surface area (Å²) in [4.78, 5) is 0. The second-order valence-electron chi connectivity index (χ2n) is 1.51. The SMILES string of the molecule is NCC1CSCO1. The van der Waals surface area contributed by atoms with E-state index < -0.39 is 0 Å². The molecule has 0 aliphatic carbocycles. The second-order valence-corrected chi connectivity index (χ2v) is 2.49. The van der Waals surface area contributed by atoms with Crippen LogP contribution in [-0.2, 0) is 4.74 Å². The van der Waals surface area contributed by atoms with Crippen molar-refractivity contribution in [3.63, 3.8) is 0 Å². The van der Waals surface area contributed by atoms with E-state index in [0.29, 0.717) is 12.6 Å². The van der Waals surface area contributed by atoms with Crippen LogP contribution in [0.3, 0.4) is 0 Å².